The van der Waals surface area contributed by atoms with Crippen LogP contribution in [0, 0.1) is 5.92 Å². The van der Waals surface area contributed by atoms with Crippen LogP contribution in [0.5, 0.6) is 5.75 Å². The van der Waals surface area contributed by atoms with Crippen LogP contribution in [-0.2, 0) is 0 Å². The van der Waals surface area contributed by atoms with E-state index >= 15 is 0 Å². The Kier molecular flexibility index (Phi) is 8.06. The first-order valence-corrected chi connectivity index (χ1v) is 11.4. The summed E-state index contributed by atoms with van der Waals surface area (Å²) in [7, 11) is 0. The molecular weight excluding hydrogens is 468 g/mol. The topological polar surface area (TPSA) is 58.6 Å². The maximum absolute atomic E-state index is 13.4. The highest BCUT2D eigenvalue weighted by molar-refractivity contribution is 9.10. The van der Waals surface area contributed by atoms with Crippen molar-refractivity contribution in [2.45, 2.75) is 20.8 Å². The molecule has 3 aromatic rings. The molecule has 0 spiro atoms. The van der Waals surface area contributed by atoms with Gasteiger partial charge in [0.15, 0.2) is 0 Å². The van der Waals surface area contributed by atoms with E-state index in [1.807, 2.05) is 57.2 Å². The smallest absolute Gasteiger partial charge is 0.260 e. The van der Waals surface area contributed by atoms with Gasteiger partial charge in [-0.15, -0.1) is 0 Å². The van der Waals surface area contributed by atoms with Crippen molar-refractivity contribution < 1.29 is 14.3 Å². The van der Waals surface area contributed by atoms with Gasteiger partial charge in [0.05, 0.1) is 23.4 Å². The van der Waals surface area contributed by atoms with Gasteiger partial charge in [-0.1, -0.05) is 60.1 Å². The molecule has 0 bridgehead atoms. The van der Waals surface area contributed by atoms with Crippen LogP contribution in [0.3, 0.4) is 0 Å². The molecule has 0 unspecified atom stereocenters. The molecule has 0 aliphatic rings. The normalized spacial score (nSPS) is 10.7. The van der Waals surface area contributed by atoms with Crippen molar-refractivity contribution in [3.8, 4) is 5.75 Å². The molecule has 166 valence electrons. The van der Waals surface area contributed by atoms with E-state index in [1.54, 1.807) is 41.3 Å². The lowest BCUT2D eigenvalue weighted by molar-refractivity contribution is 0.0989. The Hall–Kier alpha value is -3.12. The first kappa shape index (κ1) is 23.5. The number of para-hydroxylation sites is 2. The third-order valence-corrected chi connectivity index (χ3v) is 5.29. The summed E-state index contributed by atoms with van der Waals surface area (Å²) < 4.78 is 6.62. The van der Waals surface area contributed by atoms with E-state index < -0.39 is 0 Å². The number of hydrogen-bond acceptors (Lipinski definition) is 3. The number of rotatable bonds is 8. The largest absolute Gasteiger partial charge is 0.492 e. The second-order valence-electron chi connectivity index (χ2n) is 7.73. The monoisotopic (exact) mass is 494 g/mol. The second-order valence-corrected chi connectivity index (χ2v) is 8.65. The molecule has 5 nitrogen and oxygen atoms in total. The third kappa shape index (κ3) is 5.77. The van der Waals surface area contributed by atoms with Gasteiger partial charge in [-0.2, -0.15) is 0 Å². The molecule has 1 N–H and O–H groups in total. The van der Waals surface area contributed by atoms with Crippen LogP contribution in [0.4, 0.5) is 11.4 Å². The summed E-state index contributed by atoms with van der Waals surface area (Å²) in [6.45, 7) is 7.02. The summed E-state index contributed by atoms with van der Waals surface area (Å²) in [6.07, 6.45) is 0. The van der Waals surface area contributed by atoms with Crippen molar-refractivity contribution in [3.05, 3.63) is 88.4 Å². The van der Waals surface area contributed by atoms with E-state index in [1.165, 1.54) is 0 Å². The Balaban J connectivity index is 1.89. The highest BCUT2D eigenvalue weighted by Crippen LogP contribution is 2.27. The van der Waals surface area contributed by atoms with E-state index in [0.717, 1.165) is 10.2 Å². The van der Waals surface area contributed by atoms with Gasteiger partial charge in [0.2, 0.25) is 0 Å². The summed E-state index contributed by atoms with van der Waals surface area (Å²) >= 11 is 3.43. The summed E-state index contributed by atoms with van der Waals surface area (Å²) in [4.78, 5) is 28.2. The zero-order valence-corrected chi connectivity index (χ0v) is 20.1. The lowest BCUT2D eigenvalue weighted by Gasteiger charge is -2.22. The van der Waals surface area contributed by atoms with Gasteiger partial charge >= 0.3 is 0 Å². The summed E-state index contributed by atoms with van der Waals surface area (Å²) in [5.74, 6) is 0.307. The van der Waals surface area contributed by atoms with Gasteiger partial charge < -0.3 is 15.0 Å². The Morgan fingerprint density at radius 1 is 0.969 bits per heavy atom. The van der Waals surface area contributed by atoms with E-state index in [0.29, 0.717) is 41.6 Å². The summed E-state index contributed by atoms with van der Waals surface area (Å²) in [5.41, 5.74) is 2.08. The summed E-state index contributed by atoms with van der Waals surface area (Å²) in [6, 6.07) is 21.8. The average Bonchev–Trinajstić information content (AvgIpc) is 2.79. The Morgan fingerprint density at radius 2 is 1.66 bits per heavy atom. The van der Waals surface area contributed by atoms with Crippen molar-refractivity contribution in [1.82, 2.24) is 0 Å². The van der Waals surface area contributed by atoms with E-state index in [-0.39, 0.29) is 11.8 Å². The molecule has 6 heteroatoms. The molecule has 0 aliphatic heterocycles. The molecule has 0 aromatic heterocycles. The van der Waals surface area contributed by atoms with Gasteiger partial charge in [0, 0.05) is 16.7 Å². The fourth-order valence-electron chi connectivity index (χ4n) is 3.23. The van der Waals surface area contributed by atoms with Crippen LogP contribution in [0.25, 0.3) is 0 Å². The first-order valence-electron chi connectivity index (χ1n) is 10.6. The van der Waals surface area contributed by atoms with E-state index in [4.69, 9.17) is 4.74 Å². The number of halogens is 1. The Labute approximate surface area is 197 Å². The molecule has 32 heavy (non-hydrogen) atoms. The lowest BCUT2D eigenvalue weighted by Crippen LogP contribution is -2.31. The molecule has 3 rings (SSSR count). The molecule has 0 saturated heterocycles. The van der Waals surface area contributed by atoms with Gasteiger partial charge in [-0.3, -0.25) is 9.59 Å². The van der Waals surface area contributed by atoms with Crippen molar-refractivity contribution in [1.29, 1.82) is 0 Å². The zero-order chi connectivity index (χ0) is 23.1. The van der Waals surface area contributed by atoms with Crippen LogP contribution in [0.15, 0.2) is 77.3 Å². The standard InChI is InChI=1S/C26H27BrN2O3/c1-4-29(20-10-6-5-7-11-20)26(31)21-12-8-9-13-23(21)28-25(30)22-16-19(27)14-15-24(22)32-17-18(2)3/h5-16,18H,4,17H2,1-3H3,(H,28,30). The molecular formula is C26H27BrN2O3. The van der Waals surface area contributed by atoms with Crippen molar-refractivity contribution in [2.24, 2.45) is 5.92 Å². The minimum Gasteiger partial charge on any atom is -0.492 e. The number of carbonyl (C=O) groups is 2. The minimum absolute atomic E-state index is 0.180. The number of nitrogens with zero attached hydrogens (tertiary/aromatic N) is 1. The number of hydrogen-bond donors (Lipinski definition) is 1. The van der Waals surface area contributed by atoms with Gasteiger partial charge in [-0.05, 0) is 55.3 Å². The van der Waals surface area contributed by atoms with Crippen LogP contribution in [0.1, 0.15) is 41.5 Å². The van der Waals surface area contributed by atoms with E-state index in [9.17, 15) is 9.59 Å². The zero-order valence-electron chi connectivity index (χ0n) is 18.5. The van der Waals surface area contributed by atoms with Crippen molar-refractivity contribution in [3.63, 3.8) is 0 Å². The predicted molar refractivity (Wildman–Crippen MR) is 133 cm³/mol. The molecule has 0 radical (unpaired) electrons. The van der Waals surface area contributed by atoms with Crippen molar-refractivity contribution >= 4 is 39.1 Å². The maximum Gasteiger partial charge on any atom is 0.260 e. The SMILES string of the molecule is CCN(C(=O)c1ccccc1NC(=O)c1cc(Br)ccc1OCC(C)C)c1ccccc1. The van der Waals surface area contributed by atoms with E-state index in [2.05, 4.69) is 21.2 Å². The number of carbonyl (C=O) groups excluding carboxylic acids is 2. The highest BCUT2D eigenvalue weighted by Gasteiger charge is 2.21. The first-order chi connectivity index (χ1) is 15.4. The number of nitrogens with one attached hydrogen (secondary N) is 1. The van der Waals surface area contributed by atoms with Crippen LogP contribution < -0.4 is 15.0 Å². The Morgan fingerprint density at radius 3 is 2.34 bits per heavy atom. The predicted octanol–water partition coefficient (Wildman–Crippen LogP) is 6.40. The summed E-state index contributed by atoms with van der Waals surface area (Å²) in [5, 5.41) is 2.91. The van der Waals surface area contributed by atoms with Crippen LogP contribution >= 0.6 is 15.9 Å². The molecule has 3 aromatic carbocycles. The number of anilines is 2. The molecule has 2 amide bonds. The van der Waals surface area contributed by atoms with Gasteiger partial charge in [-0.25, -0.2) is 0 Å². The second kappa shape index (κ2) is 11.0. The average molecular weight is 495 g/mol. The van der Waals surface area contributed by atoms with Crippen LogP contribution in [0.2, 0.25) is 0 Å². The number of amides is 2. The van der Waals surface area contributed by atoms with Crippen molar-refractivity contribution in [2.75, 3.05) is 23.4 Å². The fraction of sp³-hybridized carbons (Fsp3) is 0.231. The fourth-order valence-corrected chi connectivity index (χ4v) is 3.59. The lowest BCUT2D eigenvalue weighted by atomic mass is 10.1. The number of benzene rings is 3. The quantitative estimate of drug-likeness (QED) is 0.393. The van der Waals surface area contributed by atoms with Gasteiger partial charge in [0.25, 0.3) is 11.8 Å². The molecule has 0 saturated carbocycles. The van der Waals surface area contributed by atoms with Crippen LogP contribution in [-0.4, -0.2) is 25.0 Å². The Bertz CT molecular complexity index is 1080. The molecule has 0 aliphatic carbocycles. The maximum atomic E-state index is 13.4. The molecule has 0 fully saturated rings. The van der Waals surface area contributed by atoms with Gasteiger partial charge in [0.1, 0.15) is 5.75 Å². The number of ether oxygens (including phenoxy) is 1. The minimum atomic E-state index is -0.340. The highest BCUT2D eigenvalue weighted by atomic mass is 79.9. The molecule has 0 atom stereocenters. The third-order valence-electron chi connectivity index (χ3n) is 4.79. The molecule has 0 heterocycles.